The van der Waals surface area contributed by atoms with Crippen LogP contribution in [-0.4, -0.2) is 64.0 Å². The van der Waals surface area contributed by atoms with Gasteiger partial charge in [-0.15, -0.1) is 5.10 Å². The highest BCUT2D eigenvalue weighted by Crippen LogP contribution is 2.33. The number of amides is 2. The summed E-state index contributed by atoms with van der Waals surface area (Å²) in [6.07, 6.45) is -2.79. The number of rotatable bonds is 6. The molecular formula is C27H23F5N6O2. The Bertz CT molecular complexity index is 1550. The summed E-state index contributed by atoms with van der Waals surface area (Å²) in [5.74, 6) is -2.00. The molecule has 0 spiro atoms. The number of nitrogens with one attached hydrogen (secondary N) is 1. The van der Waals surface area contributed by atoms with E-state index in [4.69, 9.17) is 0 Å². The summed E-state index contributed by atoms with van der Waals surface area (Å²) < 4.78 is 68.2. The van der Waals surface area contributed by atoms with Crippen molar-refractivity contribution in [1.29, 1.82) is 0 Å². The van der Waals surface area contributed by atoms with Gasteiger partial charge in [-0.1, -0.05) is 12.1 Å². The summed E-state index contributed by atoms with van der Waals surface area (Å²) in [7, 11) is 0. The largest absolute Gasteiger partial charge is 0.417 e. The van der Waals surface area contributed by atoms with Gasteiger partial charge >= 0.3 is 6.18 Å². The summed E-state index contributed by atoms with van der Waals surface area (Å²) >= 11 is 0. The molecule has 1 fully saturated rings. The highest BCUT2D eigenvalue weighted by Gasteiger charge is 2.37. The summed E-state index contributed by atoms with van der Waals surface area (Å²) in [6, 6.07) is 11.2. The minimum absolute atomic E-state index is 0.109. The molecule has 3 heterocycles. The number of halogens is 5. The zero-order valence-corrected chi connectivity index (χ0v) is 21.0. The van der Waals surface area contributed by atoms with Gasteiger partial charge < -0.3 is 15.1 Å². The van der Waals surface area contributed by atoms with Gasteiger partial charge in [0.05, 0.1) is 17.3 Å². The monoisotopic (exact) mass is 558 g/mol. The number of piperazine rings is 1. The molecule has 1 aliphatic heterocycles. The van der Waals surface area contributed by atoms with Crippen LogP contribution in [0.15, 0.2) is 60.8 Å². The topological polar surface area (TPSA) is 82.8 Å². The van der Waals surface area contributed by atoms with E-state index in [0.717, 1.165) is 5.56 Å². The van der Waals surface area contributed by atoms with Gasteiger partial charge in [-0.3, -0.25) is 9.59 Å². The van der Waals surface area contributed by atoms with Crippen molar-refractivity contribution in [1.82, 2.24) is 24.8 Å². The standard InChI is InChI=1S/C27H23F5N6O2/c28-18-3-1-17(2-4-18)9-10-33-25(39)22-16-38-23(34-22)7-8-24(35-38)36-11-13-37(14-12-36)26(40)20-15-19(29)5-6-21(20)27(30,31)32/h1-8,15-16H,9-14H2,(H,33,39). The molecule has 1 aliphatic rings. The molecule has 2 aromatic carbocycles. The molecule has 0 atom stereocenters. The molecule has 0 radical (unpaired) electrons. The lowest BCUT2D eigenvalue weighted by molar-refractivity contribution is -0.138. The van der Waals surface area contributed by atoms with Crippen molar-refractivity contribution < 1.29 is 31.5 Å². The van der Waals surface area contributed by atoms with Crippen LogP contribution in [0.3, 0.4) is 0 Å². The summed E-state index contributed by atoms with van der Waals surface area (Å²) in [5, 5.41) is 7.26. The van der Waals surface area contributed by atoms with Crippen LogP contribution in [-0.2, 0) is 12.6 Å². The number of benzene rings is 2. The maximum Gasteiger partial charge on any atom is 0.417 e. The third kappa shape index (κ3) is 5.87. The highest BCUT2D eigenvalue weighted by molar-refractivity contribution is 5.96. The lowest BCUT2D eigenvalue weighted by Crippen LogP contribution is -2.49. The average Bonchev–Trinajstić information content (AvgIpc) is 3.37. The quantitative estimate of drug-likeness (QED) is 0.363. The van der Waals surface area contributed by atoms with Crippen LogP contribution in [0.5, 0.6) is 0 Å². The van der Waals surface area contributed by atoms with E-state index < -0.39 is 34.9 Å². The first-order valence-corrected chi connectivity index (χ1v) is 12.4. The molecule has 0 bridgehead atoms. The van der Waals surface area contributed by atoms with Crippen LogP contribution < -0.4 is 10.2 Å². The Hall–Kier alpha value is -4.55. The first-order valence-electron chi connectivity index (χ1n) is 12.4. The molecule has 2 amide bonds. The molecule has 5 rings (SSSR count). The third-order valence-corrected chi connectivity index (χ3v) is 6.56. The minimum atomic E-state index is -4.79. The van der Waals surface area contributed by atoms with Crippen LogP contribution in [0, 0.1) is 11.6 Å². The number of anilines is 1. The van der Waals surface area contributed by atoms with Gasteiger partial charge in [-0.2, -0.15) is 13.2 Å². The molecule has 208 valence electrons. The van der Waals surface area contributed by atoms with Gasteiger partial charge in [0.25, 0.3) is 11.8 Å². The average molecular weight is 559 g/mol. The van der Waals surface area contributed by atoms with E-state index in [1.54, 1.807) is 24.3 Å². The third-order valence-electron chi connectivity index (χ3n) is 6.56. The number of fused-ring (bicyclic) bond motifs is 1. The van der Waals surface area contributed by atoms with E-state index in [1.165, 1.54) is 27.7 Å². The number of imidazole rings is 1. The number of hydrogen-bond donors (Lipinski definition) is 1. The van der Waals surface area contributed by atoms with Crippen LogP contribution in [0.25, 0.3) is 5.65 Å². The maximum absolute atomic E-state index is 13.7. The van der Waals surface area contributed by atoms with Crippen LogP contribution in [0.1, 0.15) is 32.0 Å². The Morgan fingerprint density at radius 3 is 2.30 bits per heavy atom. The van der Waals surface area contributed by atoms with Crippen molar-refractivity contribution >= 4 is 23.3 Å². The van der Waals surface area contributed by atoms with Gasteiger partial charge in [0, 0.05) is 32.7 Å². The lowest BCUT2D eigenvalue weighted by atomic mass is 10.0. The normalized spacial score (nSPS) is 14.0. The number of nitrogens with zero attached hydrogens (tertiary/aromatic N) is 5. The van der Waals surface area contributed by atoms with E-state index in [1.807, 2.05) is 4.90 Å². The molecule has 1 saturated heterocycles. The van der Waals surface area contributed by atoms with Crippen molar-refractivity contribution in [3.63, 3.8) is 0 Å². The number of hydrogen-bond acceptors (Lipinski definition) is 5. The van der Waals surface area contributed by atoms with Crippen LogP contribution in [0.4, 0.5) is 27.8 Å². The van der Waals surface area contributed by atoms with Crippen LogP contribution >= 0.6 is 0 Å². The van der Waals surface area contributed by atoms with Crippen LogP contribution in [0.2, 0.25) is 0 Å². The Kier molecular flexibility index (Phi) is 7.37. The second-order valence-corrected chi connectivity index (χ2v) is 9.22. The molecule has 0 unspecified atom stereocenters. The summed E-state index contributed by atoms with van der Waals surface area (Å²) in [4.78, 5) is 32.8. The number of carbonyl (C=O) groups excluding carboxylic acids is 2. The number of carbonyl (C=O) groups is 2. The summed E-state index contributed by atoms with van der Waals surface area (Å²) in [5.41, 5.74) is -0.422. The van der Waals surface area contributed by atoms with Gasteiger partial charge in [0.2, 0.25) is 0 Å². The zero-order valence-electron chi connectivity index (χ0n) is 21.0. The number of alkyl halides is 3. The van der Waals surface area contributed by atoms with Gasteiger partial charge in [-0.25, -0.2) is 18.3 Å². The van der Waals surface area contributed by atoms with Gasteiger partial charge in [0.1, 0.15) is 23.1 Å². The molecular weight excluding hydrogens is 535 g/mol. The van der Waals surface area contributed by atoms with E-state index in [9.17, 15) is 31.5 Å². The molecule has 0 aliphatic carbocycles. The zero-order chi connectivity index (χ0) is 28.4. The second-order valence-electron chi connectivity index (χ2n) is 9.22. The van der Waals surface area contributed by atoms with Gasteiger partial charge in [-0.05, 0) is 54.4 Å². The Morgan fingerprint density at radius 2 is 1.60 bits per heavy atom. The van der Waals surface area contributed by atoms with Gasteiger partial charge in [0.15, 0.2) is 5.65 Å². The van der Waals surface area contributed by atoms with E-state index in [2.05, 4.69) is 15.4 Å². The molecule has 4 aromatic rings. The SMILES string of the molecule is O=C(NCCc1ccc(F)cc1)c1cn2nc(N3CCN(C(=O)c4cc(F)ccc4C(F)(F)F)CC3)ccc2n1. The van der Waals surface area contributed by atoms with Crippen molar-refractivity contribution in [2.45, 2.75) is 12.6 Å². The van der Waals surface area contributed by atoms with E-state index in [-0.39, 0.29) is 37.7 Å². The molecule has 2 aromatic heterocycles. The molecule has 1 N–H and O–H groups in total. The fourth-order valence-corrected chi connectivity index (χ4v) is 4.46. The Balaban J connectivity index is 1.21. The smallest absolute Gasteiger partial charge is 0.352 e. The number of aromatic nitrogens is 3. The Morgan fingerprint density at radius 1 is 0.900 bits per heavy atom. The second kappa shape index (κ2) is 10.9. The molecule has 40 heavy (non-hydrogen) atoms. The summed E-state index contributed by atoms with van der Waals surface area (Å²) in [6.45, 7) is 1.12. The lowest BCUT2D eigenvalue weighted by Gasteiger charge is -2.35. The van der Waals surface area contributed by atoms with Crippen molar-refractivity contribution in [3.05, 3.63) is 94.8 Å². The van der Waals surface area contributed by atoms with E-state index >= 15 is 0 Å². The fraction of sp³-hybridized carbons (Fsp3) is 0.259. The first-order chi connectivity index (χ1) is 19.1. The molecule has 13 heteroatoms. The van der Waals surface area contributed by atoms with Crippen molar-refractivity contribution in [2.24, 2.45) is 0 Å². The fourth-order valence-electron chi connectivity index (χ4n) is 4.46. The van der Waals surface area contributed by atoms with E-state index in [0.29, 0.717) is 42.6 Å². The predicted octanol–water partition coefficient (Wildman–Crippen LogP) is 3.96. The molecule has 8 nitrogen and oxygen atoms in total. The van der Waals surface area contributed by atoms with Crippen molar-refractivity contribution in [2.75, 3.05) is 37.6 Å². The minimum Gasteiger partial charge on any atom is -0.352 e. The van der Waals surface area contributed by atoms with Crippen molar-refractivity contribution in [3.8, 4) is 0 Å². The maximum atomic E-state index is 13.7. The molecule has 0 saturated carbocycles. The predicted molar refractivity (Wildman–Crippen MR) is 135 cm³/mol. The Labute approximate surface area is 225 Å². The highest BCUT2D eigenvalue weighted by atomic mass is 19.4. The first kappa shape index (κ1) is 27.0.